The van der Waals surface area contributed by atoms with Crippen LogP contribution in [0.1, 0.15) is 85.9 Å². The molecule has 77 heavy (non-hydrogen) atoms. The van der Waals surface area contributed by atoms with Gasteiger partial charge in [0.25, 0.3) is 6.33 Å². The fourth-order valence-corrected chi connectivity index (χ4v) is 11.3. The average Bonchev–Trinajstić information content (AvgIpc) is 3.85. The van der Waals surface area contributed by atoms with E-state index in [1.54, 1.807) is 0 Å². The van der Waals surface area contributed by atoms with Gasteiger partial charge < -0.3 is 4.74 Å². The van der Waals surface area contributed by atoms with Crippen molar-refractivity contribution in [1.82, 2.24) is 14.1 Å². The van der Waals surface area contributed by atoms with Crippen molar-refractivity contribution >= 4 is 32.8 Å². The molecule has 0 N–H and O–H groups in total. The number of imidazole rings is 1. The van der Waals surface area contributed by atoms with Crippen molar-refractivity contribution in [3.8, 4) is 84.3 Å². The zero-order valence-electron chi connectivity index (χ0n) is 50.0. The Hall–Kier alpha value is -8.80. The molecule has 3 aromatic heterocycles. The molecule has 5 nitrogen and oxygen atoms in total. The number of ether oxygens (including phenoxy) is 1. The Kier molecular flexibility index (Phi) is 9.87. The summed E-state index contributed by atoms with van der Waals surface area (Å²) in [6.45, 7) is 20.0. The zero-order chi connectivity index (χ0) is 57.3. The van der Waals surface area contributed by atoms with Gasteiger partial charge >= 0.3 is 0 Å². The number of para-hydroxylation sites is 2. The molecule has 0 fully saturated rings. The van der Waals surface area contributed by atoms with Crippen LogP contribution in [0.2, 0.25) is 0 Å². The summed E-state index contributed by atoms with van der Waals surface area (Å²) in [5, 5.41) is 2.24. The minimum atomic E-state index is -0.435. The zero-order valence-corrected chi connectivity index (χ0v) is 45.0. The molecule has 9 aromatic carbocycles. The predicted molar refractivity (Wildman–Crippen MR) is 319 cm³/mol. The monoisotopic (exact) mass is 1000 g/mol. The summed E-state index contributed by atoms with van der Waals surface area (Å²) in [6.07, 6.45) is 5.85. The second-order valence-corrected chi connectivity index (χ2v) is 23.5. The highest BCUT2D eigenvalue weighted by molar-refractivity contribution is 6.10. The maximum Gasteiger partial charge on any atom is 0.269 e. The third kappa shape index (κ3) is 8.24. The van der Waals surface area contributed by atoms with Crippen molar-refractivity contribution in [3.05, 3.63) is 235 Å². The highest BCUT2D eigenvalue weighted by atomic mass is 16.5. The maximum atomic E-state index is 9.46. The first kappa shape index (κ1) is 42.4. The van der Waals surface area contributed by atoms with Crippen LogP contribution in [-0.4, -0.2) is 14.1 Å². The molecule has 0 aliphatic carbocycles. The van der Waals surface area contributed by atoms with Crippen LogP contribution in [0.15, 0.2) is 212 Å². The summed E-state index contributed by atoms with van der Waals surface area (Å²) >= 11 is 0. The maximum absolute atomic E-state index is 9.46. The Balaban J connectivity index is 1.07. The van der Waals surface area contributed by atoms with Crippen LogP contribution in [0, 0.1) is 6.33 Å². The third-order valence-electron chi connectivity index (χ3n) is 15.3. The Morgan fingerprint density at radius 2 is 1.09 bits per heavy atom. The smallest absolute Gasteiger partial charge is 0.269 e. The molecule has 0 spiro atoms. The molecule has 5 heteroatoms. The van der Waals surface area contributed by atoms with Crippen LogP contribution in [-0.2, 0) is 16.2 Å². The highest BCUT2D eigenvalue weighted by Crippen LogP contribution is 2.50. The van der Waals surface area contributed by atoms with Crippen molar-refractivity contribution in [3.63, 3.8) is 0 Å². The molecular weight excluding hydrogens is 937 g/mol. The number of hydrogen-bond acceptors (Lipinski definition) is 2. The number of pyridine rings is 1. The number of nitrogens with zero attached hydrogens (tertiary/aromatic N) is 4. The van der Waals surface area contributed by atoms with E-state index in [-0.39, 0.29) is 46.0 Å². The summed E-state index contributed by atoms with van der Waals surface area (Å²) in [4.78, 5) is 4.92. The normalized spacial score (nSPS) is 13.4. The number of fused-ring (bicyclic) bond motifs is 10. The van der Waals surface area contributed by atoms with Crippen LogP contribution in [0.25, 0.3) is 106 Å². The van der Waals surface area contributed by atoms with E-state index in [0.29, 0.717) is 17.1 Å². The summed E-state index contributed by atoms with van der Waals surface area (Å²) in [5.74, 6) is 2.17. The largest absolute Gasteiger partial charge is 0.458 e. The van der Waals surface area contributed by atoms with Gasteiger partial charge in [-0.1, -0.05) is 214 Å². The lowest BCUT2D eigenvalue weighted by Gasteiger charge is -2.27. The molecule has 0 radical (unpaired) electrons. The summed E-state index contributed by atoms with van der Waals surface area (Å²) in [5.41, 5.74) is 16.5. The summed E-state index contributed by atoms with van der Waals surface area (Å²) in [7, 11) is 0. The Morgan fingerprint density at radius 3 is 1.86 bits per heavy atom. The second kappa shape index (κ2) is 17.9. The van der Waals surface area contributed by atoms with Gasteiger partial charge in [0.05, 0.1) is 40.3 Å². The average molecular weight is 1000 g/mol. The molecular formula is C72H62N4O. The molecule has 13 rings (SSSR count). The molecule has 376 valence electrons. The lowest BCUT2D eigenvalue weighted by atomic mass is 9.79. The Bertz CT molecular complexity index is 4580. The first-order valence-electron chi connectivity index (χ1n) is 29.0. The SMILES string of the molecule is [2H]c1c([2H])c([2H])c(-c2cccc3c2-c2cc(C(C)(C)C)cc(-c4ccc(C(C)(C)C)cc4)c2-[n+]2[c-]n(-c4cccc(Oc5ccc6c7ccccc7n(-c7cc(C(C)(C)C)ccn7)c6c5)c4)c4cccc(c42)-c2ccccc2-3)c([2H])c1[2H]. The van der Waals surface area contributed by atoms with Crippen molar-refractivity contribution in [1.29, 1.82) is 0 Å². The second-order valence-electron chi connectivity index (χ2n) is 23.5. The van der Waals surface area contributed by atoms with Gasteiger partial charge in [0.2, 0.25) is 0 Å². The van der Waals surface area contributed by atoms with E-state index in [2.05, 4.69) is 222 Å². The molecule has 0 saturated heterocycles. The first-order chi connectivity index (χ1) is 39.2. The van der Waals surface area contributed by atoms with Crippen molar-refractivity contribution in [2.45, 2.75) is 78.6 Å². The minimum Gasteiger partial charge on any atom is -0.458 e. The van der Waals surface area contributed by atoms with E-state index < -0.39 is 6.04 Å². The van der Waals surface area contributed by atoms with E-state index in [1.807, 2.05) is 42.6 Å². The standard InChI is InChI=1S/C72H62N4O/c1-70(2,3)48-34-32-47(33-35-48)61-40-50(72(7,8)9)41-62-67-54(46-20-11-10-12-21-46)27-18-28-59(67)55-24-13-14-25-56(55)60-29-19-31-64-69(60)75(68(61)62)45-74(64)51-22-17-23-52(43-51)77-53-36-37-58-57-26-15-16-30-63(57)76(65(58)44-53)66-42-49(38-39-73-66)71(4,5)6/h10-44H,1-9H3/i10D,11D,12D,20D,21D. The van der Waals surface area contributed by atoms with Gasteiger partial charge in [0.15, 0.2) is 0 Å². The topological polar surface area (TPSA) is 35.9 Å². The van der Waals surface area contributed by atoms with E-state index in [9.17, 15) is 2.74 Å². The van der Waals surface area contributed by atoms with Crippen molar-refractivity contribution in [2.24, 2.45) is 0 Å². The third-order valence-corrected chi connectivity index (χ3v) is 15.3. The van der Waals surface area contributed by atoms with Crippen molar-refractivity contribution < 1.29 is 16.2 Å². The van der Waals surface area contributed by atoms with Crippen LogP contribution in [0.5, 0.6) is 11.5 Å². The number of benzene rings is 9. The van der Waals surface area contributed by atoms with Gasteiger partial charge in [-0.25, -0.2) is 4.98 Å². The van der Waals surface area contributed by atoms with E-state index in [4.69, 9.17) is 13.8 Å². The fraction of sp³-hybridized carbons (Fsp3) is 0.167. The Morgan fingerprint density at radius 1 is 0.468 bits per heavy atom. The van der Waals surface area contributed by atoms with Crippen molar-refractivity contribution in [2.75, 3.05) is 0 Å². The molecule has 0 atom stereocenters. The molecule has 12 aromatic rings. The quantitative estimate of drug-likeness (QED) is 0.123. The number of rotatable bonds is 6. The number of hydrogen-bond donors (Lipinski definition) is 0. The van der Waals surface area contributed by atoms with Gasteiger partial charge in [-0.15, -0.1) is 0 Å². The summed E-state index contributed by atoms with van der Waals surface area (Å²) in [6, 6.07) is 59.6. The van der Waals surface area contributed by atoms with E-state index >= 15 is 0 Å². The first-order valence-corrected chi connectivity index (χ1v) is 26.5. The van der Waals surface area contributed by atoms with Crippen LogP contribution in [0.4, 0.5) is 0 Å². The summed E-state index contributed by atoms with van der Waals surface area (Å²) < 4.78 is 58.9. The molecule has 1 aliphatic heterocycles. The molecule has 4 heterocycles. The van der Waals surface area contributed by atoms with Crippen LogP contribution < -0.4 is 9.30 Å². The molecule has 0 unspecified atom stereocenters. The molecule has 0 amide bonds. The van der Waals surface area contributed by atoms with Gasteiger partial charge in [0.1, 0.15) is 17.3 Å². The van der Waals surface area contributed by atoms with E-state index in [0.717, 1.165) is 100 Å². The minimum absolute atomic E-state index is 0.0642. The molecule has 1 aliphatic rings. The van der Waals surface area contributed by atoms with Crippen LogP contribution >= 0.6 is 0 Å². The number of aromatic nitrogens is 4. The Labute approximate surface area is 459 Å². The van der Waals surface area contributed by atoms with Gasteiger partial charge in [-0.2, -0.15) is 0 Å². The van der Waals surface area contributed by atoms with Gasteiger partial charge in [-0.3, -0.25) is 13.7 Å². The fourth-order valence-electron chi connectivity index (χ4n) is 11.3. The molecule has 0 saturated carbocycles. The predicted octanol–water partition coefficient (Wildman–Crippen LogP) is 18.5. The lowest BCUT2D eigenvalue weighted by Crippen LogP contribution is -2.32. The van der Waals surface area contributed by atoms with Gasteiger partial charge in [-0.05, 0) is 137 Å². The lowest BCUT2D eigenvalue weighted by molar-refractivity contribution is -0.570. The highest BCUT2D eigenvalue weighted by Gasteiger charge is 2.31. The molecule has 0 bridgehead atoms. The van der Waals surface area contributed by atoms with E-state index in [1.165, 1.54) is 11.1 Å². The van der Waals surface area contributed by atoms with Crippen LogP contribution in [0.3, 0.4) is 0 Å². The van der Waals surface area contributed by atoms with Gasteiger partial charge in [0, 0.05) is 23.0 Å².